The van der Waals surface area contributed by atoms with Crippen LogP contribution >= 0.6 is 0 Å². The number of aromatic nitrogens is 4. The summed E-state index contributed by atoms with van der Waals surface area (Å²) >= 11 is 0. The molecule has 0 aliphatic carbocycles. The van der Waals surface area contributed by atoms with Gasteiger partial charge in [-0.3, -0.25) is 4.79 Å². The van der Waals surface area contributed by atoms with Crippen LogP contribution < -0.4 is 5.32 Å². The van der Waals surface area contributed by atoms with Crippen molar-refractivity contribution in [3.05, 3.63) is 66.5 Å². The van der Waals surface area contributed by atoms with Crippen molar-refractivity contribution < 1.29 is 9.18 Å². The number of halogens is 1. The number of carbonyl (C=O) groups is 1. The van der Waals surface area contributed by atoms with Crippen LogP contribution in [0, 0.1) is 5.82 Å². The Bertz CT molecular complexity index is 755. The number of benzene rings is 1. The van der Waals surface area contributed by atoms with Gasteiger partial charge in [0.15, 0.2) is 0 Å². The Labute approximate surface area is 119 Å². The second kappa shape index (κ2) is 5.49. The smallest absolute Gasteiger partial charge is 0.258 e. The number of anilines is 1. The normalized spacial score (nSPS) is 10.3. The highest BCUT2D eigenvalue weighted by atomic mass is 19.1. The van der Waals surface area contributed by atoms with Gasteiger partial charge in [-0.1, -0.05) is 12.1 Å². The maximum atomic E-state index is 13.5. The van der Waals surface area contributed by atoms with Crippen molar-refractivity contribution in [3.63, 3.8) is 0 Å². The van der Waals surface area contributed by atoms with Crippen molar-refractivity contribution in [2.24, 2.45) is 0 Å². The van der Waals surface area contributed by atoms with Gasteiger partial charge in [0.2, 0.25) is 0 Å². The molecule has 0 aliphatic heterocycles. The van der Waals surface area contributed by atoms with Crippen molar-refractivity contribution in [2.75, 3.05) is 5.32 Å². The van der Waals surface area contributed by atoms with Gasteiger partial charge in [0.05, 0.1) is 23.6 Å². The maximum absolute atomic E-state index is 13.5. The van der Waals surface area contributed by atoms with Gasteiger partial charge < -0.3 is 5.32 Å². The van der Waals surface area contributed by atoms with Crippen LogP contribution in [0.2, 0.25) is 0 Å². The van der Waals surface area contributed by atoms with Crippen LogP contribution in [-0.2, 0) is 0 Å². The fourth-order valence-corrected chi connectivity index (χ4v) is 1.73. The van der Waals surface area contributed by atoms with Crippen molar-refractivity contribution in [3.8, 4) is 5.95 Å². The third-order valence-electron chi connectivity index (χ3n) is 2.72. The summed E-state index contributed by atoms with van der Waals surface area (Å²) in [5.74, 6) is -0.753. The van der Waals surface area contributed by atoms with E-state index in [0.29, 0.717) is 11.6 Å². The highest BCUT2D eigenvalue weighted by Gasteiger charge is 2.11. The molecule has 0 radical (unpaired) electrons. The molecule has 104 valence electrons. The Hall–Kier alpha value is -3.09. The molecule has 0 saturated heterocycles. The van der Waals surface area contributed by atoms with E-state index in [4.69, 9.17) is 0 Å². The quantitative estimate of drug-likeness (QED) is 0.798. The second-order valence-electron chi connectivity index (χ2n) is 4.16. The molecule has 0 fully saturated rings. The van der Waals surface area contributed by atoms with Crippen molar-refractivity contribution in [1.29, 1.82) is 0 Å². The van der Waals surface area contributed by atoms with Gasteiger partial charge in [-0.05, 0) is 18.2 Å². The zero-order chi connectivity index (χ0) is 14.7. The maximum Gasteiger partial charge on any atom is 0.258 e. The standard InChI is InChI=1S/C14H10FN5O/c15-12-5-2-1-4-11(12)13(21)19-10-8-16-14(17-9-10)20-7-3-6-18-20/h1-9H,(H,19,21). The van der Waals surface area contributed by atoms with Gasteiger partial charge in [0, 0.05) is 12.4 Å². The Morgan fingerprint density at radius 2 is 1.90 bits per heavy atom. The summed E-state index contributed by atoms with van der Waals surface area (Å²) < 4.78 is 15.0. The van der Waals surface area contributed by atoms with Crippen molar-refractivity contribution in [2.45, 2.75) is 0 Å². The van der Waals surface area contributed by atoms with Crippen molar-refractivity contribution >= 4 is 11.6 Å². The molecule has 0 spiro atoms. The topological polar surface area (TPSA) is 72.7 Å². The summed E-state index contributed by atoms with van der Waals surface area (Å²) in [6.07, 6.45) is 6.18. The fourth-order valence-electron chi connectivity index (χ4n) is 1.73. The number of nitrogens with zero attached hydrogens (tertiary/aromatic N) is 4. The first-order valence-electron chi connectivity index (χ1n) is 6.12. The molecule has 21 heavy (non-hydrogen) atoms. The lowest BCUT2D eigenvalue weighted by atomic mass is 10.2. The molecule has 7 heteroatoms. The molecule has 2 aromatic heterocycles. The minimum Gasteiger partial charge on any atom is -0.319 e. The van der Waals surface area contributed by atoms with Gasteiger partial charge >= 0.3 is 0 Å². The summed E-state index contributed by atoms with van der Waals surface area (Å²) in [5.41, 5.74) is 0.341. The molecule has 1 aromatic carbocycles. The summed E-state index contributed by atoms with van der Waals surface area (Å²) in [4.78, 5) is 20.1. The Balaban J connectivity index is 1.77. The molecule has 2 heterocycles. The number of rotatable bonds is 3. The predicted molar refractivity (Wildman–Crippen MR) is 73.5 cm³/mol. The van der Waals surface area contributed by atoms with E-state index in [9.17, 15) is 9.18 Å². The van der Waals surface area contributed by atoms with Crippen LogP contribution in [0.4, 0.5) is 10.1 Å². The van der Waals surface area contributed by atoms with E-state index in [1.54, 1.807) is 24.5 Å². The van der Waals surface area contributed by atoms with Crippen LogP contribution in [0.15, 0.2) is 55.1 Å². The molecule has 1 amide bonds. The number of amides is 1. The third kappa shape index (κ3) is 2.76. The van der Waals surface area contributed by atoms with E-state index in [2.05, 4.69) is 20.4 Å². The summed E-state index contributed by atoms with van der Waals surface area (Å²) in [7, 11) is 0. The summed E-state index contributed by atoms with van der Waals surface area (Å²) in [6.45, 7) is 0. The molecule has 0 atom stereocenters. The van der Waals surface area contributed by atoms with Crippen LogP contribution in [0.25, 0.3) is 5.95 Å². The largest absolute Gasteiger partial charge is 0.319 e. The van der Waals surface area contributed by atoms with E-state index in [1.807, 2.05) is 0 Å². The molecule has 3 rings (SSSR count). The highest BCUT2D eigenvalue weighted by Crippen LogP contribution is 2.11. The molecule has 0 aliphatic rings. The van der Waals surface area contributed by atoms with Gasteiger partial charge in [-0.2, -0.15) is 5.10 Å². The van der Waals surface area contributed by atoms with E-state index in [1.165, 1.54) is 35.3 Å². The number of nitrogens with one attached hydrogen (secondary N) is 1. The minimum atomic E-state index is -0.580. The Morgan fingerprint density at radius 3 is 2.57 bits per heavy atom. The summed E-state index contributed by atoms with van der Waals surface area (Å²) in [6, 6.07) is 7.50. The molecule has 6 nitrogen and oxygen atoms in total. The average molecular weight is 283 g/mol. The van der Waals surface area contributed by atoms with Crippen LogP contribution in [0.3, 0.4) is 0 Å². The number of hydrogen-bond donors (Lipinski definition) is 1. The second-order valence-corrected chi connectivity index (χ2v) is 4.16. The average Bonchev–Trinajstić information content (AvgIpc) is 3.02. The zero-order valence-corrected chi connectivity index (χ0v) is 10.8. The van der Waals surface area contributed by atoms with Gasteiger partial charge in [0.1, 0.15) is 5.82 Å². The van der Waals surface area contributed by atoms with Gasteiger partial charge in [0.25, 0.3) is 11.9 Å². The van der Waals surface area contributed by atoms with Crippen LogP contribution in [0.5, 0.6) is 0 Å². The molecule has 0 unspecified atom stereocenters. The van der Waals surface area contributed by atoms with E-state index >= 15 is 0 Å². The SMILES string of the molecule is O=C(Nc1cnc(-n2cccn2)nc1)c1ccccc1F. The highest BCUT2D eigenvalue weighted by molar-refractivity contribution is 6.04. The van der Waals surface area contributed by atoms with E-state index < -0.39 is 11.7 Å². The minimum absolute atomic E-state index is 0.0337. The van der Waals surface area contributed by atoms with E-state index in [0.717, 1.165) is 0 Å². The van der Waals surface area contributed by atoms with Crippen LogP contribution in [0.1, 0.15) is 10.4 Å². The summed E-state index contributed by atoms with van der Waals surface area (Å²) in [5, 5.41) is 6.53. The number of carbonyl (C=O) groups excluding carboxylic acids is 1. The lowest BCUT2D eigenvalue weighted by molar-refractivity contribution is 0.102. The van der Waals surface area contributed by atoms with Crippen LogP contribution in [-0.4, -0.2) is 25.7 Å². The predicted octanol–water partition coefficient (Wildman–Crippen LogP) is 2.05. The molecular weight excluding hydrogens is 273 g/mol. The molecule has 0 bridgehead atoms. The monoisotopic (exact) mass is 283 g/mol. The molecule has 3 aromatic rings. The molecule has 1 N–H and O–H groups in total. The lowest BCUT2D eigenvalue weighted by Gasteiger charge is -2.06. The first kappa shape index (κ1) is 12.9. The molecule has 0 saturated carbocycles. The number of hydrogen-bond acceptors (Lipinski definition) is 4. The zero-order valence-electron chi connectivity index (χ0n) is 10.8. The van der Waals surface area contributed by atoms with Crippen molar-refractivity contribution in [1.82, 2.24) is 19.7 Å². The first-order valence-corrected chi connectivity index (χ1v) is 6.12. The Morgan fingerprint density at radius 1 is 1.14 bits per heavy atom. The van der Waals surface area contributed by atoms with E-state index in [-0.39, 0.29) is 5.56 Å². The lowest BCUT2D eigenvalue weighted by Crippen LogP contribution is -2.14. The fraction of sp³-hybridized carbons (Fsp3) is 0. The van der Waals surface area contributed by atoms with Gasteiger partial charge in [-0.25, -0.2) is 19.0 Å². The van der Waals surface area contributed by atoms with Gasteiger partial charge in [-0.15, -0.1) is 0 Å². The molecular formula is C14H10FN5O. The first-order chi connectivity index (χ1) is 10.2. The Kier molecular flexibility index (Phi) is 3.38. The third-order valence-corrected chi connectivity index (χ3v) is 2.72.